The number of rotatable bonds is 7. The molecule has 194 valence electrons. The normalized spacial score (nSPS) is 16.8. The van der Waals surface area contributed by atoms with Crippen LogP contribution in [0.5, 0.6) is 5.75 Å². The summed E-state index contributed by atoms with van der Waals surface area (Å²) in [7, 11) is 1.55. The van der Waals surface area contributed by atoms with Crippen LogP contribution in [-0.2, 0) is 4.79 Å². The van der Waals surface area contributed by atoms with E-state index >= 15 is 0 Å². The fourth-order valence-corrected chi connectivity index (χ4v) is 5.33. The molecular weight excluding hydrogens is 571 g/mol. The van der Waals surface area contributed by atoms with E-state index in [0.29, 0.717) is 39.0 Å². The van der Waals surface area contributed by atoms with Crippen molar-refractivity contribution in [1.82, 2.24) is 10.3 Å². The summed E-state index contributed by atoms with van der Waals surface area (Å²) in [6, 6.07) is 18.7. The number of pyridine rings is 1. The summed E-state index contributed by atoms with van der Waals surface area (Å²) >= 11 is 9.23. The van der Waals surface area contributed by atoms with E-state index in [-0.39, 0.29) is 17.8 Å². The third-order valence-electron chi connectivity index (χ3n) is 6.27. The minimum atomic E-state index is -0.397. The molecule has 1 amide bonds. The van der Waals surface area contributed by atoms with Gasteiger partial charge < -0.3 is 24.7 Å². The van der Waals surface area contributed by atoms with Crippen LogP contribution < -0.4 is 20.3 Å². The van der Waals surface area contributed by atoms with Crippen molar-refractivity contribution in [3.63, 3.8) is 0 Å². The molecule has 0 saturated carbocycles. The van der Waals surface area contributed by atoms with E-state index < -0.39 is 6.04 Å². The number of hydrogen-bond donors (Lipinski definition) is 2. The van der Waals surface area contributed by atoms with Gasteiger partial charge in [0.05, 0.1) is 24.5 Å². The summed E-state index contributed by atoms with van der Waals surface area (Å²) in [6.07, 6.45) is 2.08. The van der Waals surface area contributed by atoms with Crippen molar-refractivity contribution in [3.05, 3.63) is 94.7 Å². The molecule has 1 aliphatic rings. The van der Waals surface area contributed by atoms with E-state index in [2.05, 4.69) is 31.5 Å². The molecule has 5 rings (SSSR count). The maximum absolute atomic E-state index is 13.7. The van der Waals surface area contributed by atoms with Gasteiger partial charge in [-0.05, 0) is 82.7 Å². The molecule has 0 unspecified atom stereocenters. The molecule has 0 spiro atoms. The highest BCUT2D eigenvalue weighted by atomic mass is 79.9. The van der Waals surface area contributed by atoms with E-state index in [4.69, 9.17) is 21.4 Å². The molecule has 1 saturated heterocycles. The monoisotopic (exact) mass is 594 g/mol. The van der Waals surface area contributed by atoms with Gasteiger partial charge in [-0.2, -0.15) is 0 Å². The van der Waals surface area contributed by atoms with Gasteiger partial charge in [0, 0.05) is 34.4 Å². The molecule has 4 aromatic rings. The number of carbonyl (C=O) groups is 1. The molecule has 0 bridgehead atoms. The Hall–Kier alpha value is -3.76. The highest BCUT2D eigenvalue weighted by Gasteiger charge is 2.43. The van der Waals surface area contributed by atoms with Crippen molar-refractivity contribution in [1.29, 1.82) is 0 Å². The third kappa shape index (κ3) is 5.01. The summed E-state index contributed by atoms with van der Waals surface area (Å²) in [4.78, 5) is 18.5. The summed E-state index contributed by atoms with van der Waals surface area (Å²) in [5, 5.41) is 6.74. The molecule has 1 fully saturated rings. The predicted molar refractivity (Wildman–Crippen MR) is 152 cm³/mol. The summed E-state index contributed by atoms with van der Waals surface area (Å²) in [5.74, 6) is 1.27. The lowest BCUT2D eigenvalue weighted by Crippen LogP contribution is -2.29. The number of thiocarbonyl (C=S) groups is 1. The van der Waals surface area contributed by atoms with Crippen LogP contribution in [0.15, 0.2) is 81.8 Å². The Morgan fingerprint density at radius 1 is 1.21 bits per heavy atom. The molecule has 1 aliphatic heterocycles. The van der Waals surface area contributed by atoms with Gasteiger partial charge in [-0.1, -0.05) is 13.0 Å². The van der Waals surface area contributed by atoms with Gasteiger partial charge in [-0.3, -0.25) is 9.78 Å². The average Bonchev–Trinajstić information content (AvgIpc) is 3.54. The molecule has 2 aromatic heterocycles. The zero-order chi connectivity index (χ0) is 26.8. The Bertz CT molecular complexity index is 1500. The number of benzene rings is 2. The van der Waals surface area contributed by atoms with Crippen LogP contribution in [0, 0.1) is 5.82 Å². The number of halogens is 2. The molecule has 2 aromatic carbocycles. The molecule has 3 heterocycles. The fourth-order valence-electron chi connectivity index (χ4n) is 4.44. The van der Waals surface area contributed by atoms with Crippen LogP contribution >= 0.6 is 28.1 Å². The Kier molecular flexibility index (Phi) is 7.44. The first-order chi connectivity index (χ1) is 18.4. The van der Waals surface area contributed by atoms with Crippen molar-refractivity contribution in [2.45, 2.75) is 25.4 Å². The van der Waals surface area contributed by atoms with Crippen molar-refractivity contribution in [2.24, 2.45) is 0 Å². The van der Waals surface area contributed by atoms with E-state index in [9.17, 15) is 9.18 Å². The zero-order valence-electron chi connectivity index (χ0n) is 20.6. The highest BCUT2D eigenvalue weighted by molar-refractivity contribution is 9.10. The second kappa shape index (κ2) is 10.9. The lowest BCUT2D eigenvalue weighted by atomic mass is 10.0. The quantitative estimate of drug-likeness (QED) is 0.228. The van der Waals surface area contributed by atoms with Gasteiger partial charge in [-0.15, -0.1) is 0 Å². The molecule has 7 nitrogen and oxygen atoms in total. The number of hydrogen-bond acceptors (Lipinski definition) is 5. The topological polar surface area (TPSA) is 79.6 Å². The minimum absolute atomic E-state index is 0.113. The predicted octanol–water partition coefficient (Wildman–Crippen LogP) is 6.78. The van der Waals surface area contributed by atoms with E-state index in [1.807, 2.05) is 47.4 Å². The highest BCUT2D eigenvalue weighted by Crippen LogP contribution is 2.44. The lowest BCUT2D eigenvalue weighted by molar-refractivity contribution is -0.115. The molecular formula is C28H24BrFN4O3S. The Morgan fingerprint density at radius 3 is 2.76 bits per heavy atom. The largest absolute Gasteiger partial charge is 0.494 e. The van der Waals surface area contributed by atoms with Gasteiger partial charge in [0.15, 0.2) is 5.11 Å². The maximum atomic E-state index is 13.7. The van der Waals surface area contributed by atoms with Crippen LogP contribution in [-0.4, -0.2) is 23.1 Å². The van der Waals surface area contributed by atoms with Gasteiger partial charge in [0.25, 0.3) is 0 Å². The second-order valence-electron chi connectivity index (χ2n) is 8.61. The molecule has 38 heavy (non-hydrogen) atoms. The molecule has 0 aliphatic carbocycles. The summed E-state index contributed by atoms with van der Waals surface area (Å²) < 4.78 is 26.2. The second-order valence-corrected chi connectivity index (χ2v) is 9.85. The number of ether oxygens (including phenoxy) is 1. The average molecular weight is 595 g/mol. The Balaban J connectivity index is 1.58. The first-order valence-corrected chi connectivity index (χ1v) is 13.1. The van der Waals surface area contributed by atoms with E-state index in [1.165, 1.54) is 12.1 Å². The smallest absolute Gasteiger partial charge is 0.224 e. The van der Waals surface area contributed by atoms with Crippen LogP contribution in [0.2, 0.25) is 0 Å². The van der Waals surface area contributed by atoms with Crippen LogP contribution in [0.4, 0.5) is 15.8 Å². The number of aromatic nitrogens is 1. The SMILES string of the molecule is CCC(=O)Nc1ccc(N2C(=S)N[C@@H](c3ccccn3)[C@H]2c2ccc(-c3ccc(F)cc3Br)o2)cc1OC. The molecule has 10 heteroatoms. The lowest BCUT2D eigenvalue weighted by Gasteiger charge is -2.27. The number of nitrogens with one attached hydrogen (secondary N) is 2. The van der Waals surface area contributed by atoms with Crippen molar-refractivity contribution >= 4 is 50.5 Å². The standard InChI is InChI=1S/C28H24BrFN4O3S/c1-3-25(35)32-20-10-8-17(15-24(20)36-2)34-27(26(33-28(34)38)21-6-4-5-13-31-21)23-12-11-22(37-23)18-9-7-16(30)14-19(18)29/h4-15,26-27H,3H2,1-2H3,(H,32,35)(H,33,38)/t26-,27+/m0/s1. The number of methoxy groups -OCH3 is 1. The number of carbonyl (C=O) groups excluding carboxylic acids is 1. The van der Waals surface area contributed by atoms with Gasteiger partial charge >= 0.3 is 0 Å². The Labute approximate surface area is 233 Å². The maximum Gasteiger partial charge on any atom is 0.224 e. The van der Waals surface area contributed by atoms with Gasteiger partial charge in [0.2, 0.25) is 5.91 Å². The first kappa shape index (κ1) is 25.9. The first-order valence-electron chi connectivity index (χ1n) is 11.9. The summed E-state index contributed by atoms with van der Waals surface area (Å²) in [5.41, 5.74) is 2.84. The molecule has 2 atom stereocenters. The Morgan fingerprint density at radius 2 is 2.05 bits per heavy atom. The number of amides is 1. The number of nitrogens with zero attached hydrogens (tertiary/aromatic N) is 2. The minimum Gasteiger partial charge on any atom is -0.494 e. The third-order valence-corrected chi connectivity index (χ3v) is 7.24. The van der Waals surface area contributed by atoms with Crippen LogP contribution in [0.3, 0.4) is 0 Å². The van der Waals surface area contributed by atoms with Crippen LogP contribution in [0.1, 0.15) is 36.9 Å². The van der Waals surface area contributed by atoms with E-state index in [0.717, 1.165) is 16.9 Å². The van der Waals surface area contributed by atoms with Crippen molar-refractivity contribution in [2.75, 3.05) is 17.3 Å². The van der Waals surface area contributed by atoms with E-state index in [1.54, 1.807) is 32.4 Å². The number of anilines is 2. The van der Waals surface area contributed by atoms with Crippen molar-refractivity contribution in [3.8, 4) is 17.1 Å². The number of furan rings is 1. The molecule has 0 radical (unpaired) electrons. The van der Waals surface area contributed by atoms with Crippen molar-refractivity contribution < 1.29 is 18.3 Å². The molecule has 2 N–H and O–H groups in total. The van der Waals surface area contributed by atoms with Gasteiger partial charge in [0.1, 0.15) is 29.1 Å². The zero-order valence-corrected chi connectivity index (χ0v) is 23.0. The summed E-state index contributed by atoms with van der Waals surface area (Å²) in [6.45, 7) is 1.79. The van der Waals surface area contributed by atoms with Crippen LogP contribution in [0.25, 0.3) is 11.3 Å². The van der Waals surface area contributed by atoms with Gasteiger partial charge in [-0.25, -0.2) is 4.39 Å². The fraction of sp³-hybridized carbons (Fsp3) is 0.179.